The number of aliphatic hydroxyl groups is 6. The summed E-state index contributed by atoms with van der Waals surface area (Å²) in [6, 6.07) is 0. The van der Waals surface area contributed by atoms with Gasteiger partial charge in [-0.3, -0.25) is 0 Å². The molecule has 0 aliphatic carbocycles. The van der Waals surface area contributed by atoms with Crippen LogP contribution >= 0.6 is 0 Å². The fraction of sp³-hybridized carbons (Fsp3) is 1.00. The minimum absolute atomic E-state index is 0.128. The Kier molecular flexibility index (Phi) is 6.22. The van der Waals surface area contributed by atoms with Crippen molar-refractivity contribution < 1.29 is 44.8 Å². The Hall–Kier alpha value is -0.360. The van der Waals surface area contributed by atoms with Crippen molar-refractivity contribution in [3.63, 3.8) is 0 Å². The molecule has 9 heteroatoms. The third-order valence-electron chi connectivity index (χ3n) is 5.22. The molecule has 2 saturated heterocycles. The Bertz CT molecular complexity index is 418. The highest BCUT2D eigenvalue weighted by Gasteiger charge is 2.53. The fourth-order valence-electron chi connectivity index (χ4n) is 3.28. The van der Waals surface area contributed by atoms with Gasteiger partial charge in [-0.2, -0.15) is 0 Å². The van der Waals surface area contributed by atoms with Crippen LogP contribution in [0, 0.1) is 11.8 Å². The summed E-state index contributed by atoms with van der Waals surface area (Å²) in [5.74, 6) is -2.00. The zero-order valence-electron chi connectivity index (χ0n) is 14.0. The average Bonchev–Trinajstić information content (AvgIpc) is 2.57. The molecule has 2 fully saturated rings. The number of hydrogen-bond donors (Lipinski definition) is 6. The minimum Gasteiger partial charge on any atom is -0.394 e. The highest BCUT2D eigenvalue weighted by molar-refractivity contribution is 4.94. The Morgan fingerprint density at radius 3 is 2.00 bits per heavy atom. The summed E-state index contributed by atoms with van der Waals surface area (Å²) in [4.78, 5) is 0. The maximum atomic E-state index is 10.5. The molecule has 0 spiro atoms. The molecule has 142 valence electrons. The predicted octanol–water partition coefficient (Wildman–Crippen LogP) is -2.46. The van der Waals surface area contributed by atoms with E-state index in [9.17, 15) is 30.6 Å². The minimum atomic E-state index is -1.60. The lowest BCUT2D eigenvalue weighted by Crippen LogP contribution is -2.65. The second kappa shape index (κ2) is 7.48. The molecule has 10 unspecified atom stereocenters. The van der Waals surface area contributed by atoms with Crippen LogP contribution in [0.25, 0.3) is 0 Å². The van der Waals surface area contributed by atoms with Gasteiger partial charge < -0.3 is 44.8 Å². The van der Waals surface area contributed by atoms with Crippen molar-refractivity contribution in [3.05, 3.63) is 0 Å². The van der Waals surface area contributed by atoms with Crippen LogP contribution in [-0.4, -0.2) is 92.6 Å². The SMILES string of the molecule is CC1C(CO)OC(C)(OC2OC(CO)C(O)C(O)C2O)C(O)C1C. The van der Waals surface area contributed by atoms with Crippen LogP contribution in [-0.2, 0) is 14.2 Å². The van der Waals surface area contributed by atoms with Crippen LogP contribution in [0.5, 0.6) is 0 Å². The average molecular weight is 352 g/mol. The Labute approximate surface area is 140 Å². The molecule has 24 heavy (non-hydrogen) atoms. The zero-order valence-corrected chi connectivity index (χ0v) is 14.0. The van der Waals surface area contributed by atoms with Gasteiger partial charge in [-0.15, -0.1) is 0 Å². The topological polar surface area (TPSA) is 149 Å². The van der Waals surface area contributed by atoms with E-state index in [1.165, 1.54) is 6.92 Å². The van der Waals surface area contributed by atoms with Gasteiger partial charge in [-0.1, -0.05) is 13.8 Å². The first-order valence-corrected chi connectivity index (χ1v) is 8.11. The van der Waals surface area contributed by atoms with E-state index >= 15 is 0 Å². The summed E-state index contributed by atoms with van der Waals surface area (Å²) in [7, 11) is 0. The third-order valence-corrected chi connectivity index (χ3v) is 5.22. The van der Waals surface area contributed by atoms with Gasteiger partial charge in [0, 0.05) is 0 Å². The maximum Gasteiger partial charge on any atom is 0.195 e. The van der Waals surface area contributed by atoms with E-state index in [0.717, 1.165) is 0 Å². The van der Waals surface area contributed by atoms with Crippen LogP contribution in [0.1, 0.15) is 20.8 Å². The van der Waals surface area contributed by atoms with Crippen LogP contribution < -0.4 is 0 Å². The molecular formula is C15H28O9. The molecule has 0 aromatic heterocycles. The zero-order chi connectivity index (χ0) is 18.2. The van der Waals surface area contributed by atoms with E-state index in [-0.39, 0.29) is 18.4 Å². The predicted molar refractivity (Wildman–Crippen MR) is 79.6 cm³/mol. The van der Waals surface area contributed by atoms with Crippen LogP contribution in [0.15, 0.2) is 0 Å². The van der Waals surface area contributed by atoms with Crippen molar-refractivity contribution >= 4 is 0 Å². The molecule has 2 heterocycles. The highest BCUT2D eigenvalue weighted by atomic mass is 16.8. The van der Waals surface area contributed by atoms with E-state index in [1.54, 1.807) is 6.92 Å². The summed E-state index contributed by atoms with van der Waals surface area (Å²) in [5, 5.41) is 58.9. The van der Waals surface area contributed by atoms with Crippen LogP contribution in [0.4, 0.5) is 0 Å². The lowest BCUT2D eigenvalue weighted by atomic mass is 9.80. The molecule has 0 saturated carbocycles. The lowest BCUT2D eigenvalue weighted by molar-refractivity contribution is -0.409. The molecule has 2 aliphatic rings. The van der Waals surface area contributed by atoms with Gasteiger partial charge in [0.2, 0.25) is 0 Å². The van der Waals surface area contributed by atoms with Gasteiger partial charge >= 0.3 is 0 Å². The summed E-state index contributed by atoms with van der Waals surface area (Å²) < 4.78 is 16.6. The summed E-state index contributed by atoms with van der Waals surface area (Å²) in [6.07, 6.45) is -8.91. The van der Waals surface area contributed by atoms with Crippen LogP contribution in [0.3, 0.4) is 0 Å². The van der Waals surface area contributed by atoms with Gasteiger partial charge in [-0.25, -0.2) is 0 Å². The molecule has 10 atom stereocenters. The highest BCUT2D eigenvalue weighted by Crippen LogP contribution is 2.39. The molecule has 9 nitrogen and oxygen atoms in total. The molecule has 0 aromatic rings. The fourth-order valence-corrected chi connectivity index (χ4v) is 3.28. The van der Waals surface area contributed by atoms with Crippen LogP contribution in [0.2, 0.25) is 0 Å². The Balaban J connectivity index is 2.18. The van der Waals surface area contributed by atoms with Gasteiger partial charge in [-0.05, 0) is 18.8 Å². The van der Waals surface area contributed by atoms with Gasteiger partial charge in [0.15, 0.2) is 12.1 Å². The van der Waals surface area contributed by atoms with Crippen molar-refractivity contribution in [3.8, 4) is 0 Å². The molecule has 0 aromatic carbocycles. The summed E-state index contributed by atoms with van der Waals surface area (Å²) in [6.45, 7) is 4.21. The standard InChI is InChI=1S/C15H28O9/c1-6-7(2)13(21)15(3,23-8(6)4-16)24-14-12(20)11(19)10(18)9(5-17)22-14/h6-14,16-21H,4-5H2,1-3H3. The first-order chi connectivity index (χ1) is 11.2. The number of ether oxygens (including phenoxy) is 3. The number of hydrogen-bond acceptors (Lipinski definition) is 9. The largest absolute Gasteiger partial charge is 0.394 e. The van der Waals surface area contributed by atoms with Gasteiger partial charge in [0.25, 0.3) is 0 Å². The molecular weight excluding hydrogens is 324 g/mol. The number of rotatable bonds is 4. The first-order valence-electron chi connectivity index (χ1n) is 8.11. The molecule has 6 N–H and O–H groups in total. The Morgan fingerprint density at radius 2 is 1.46 bits per heavy atom. The summed E-state index contributed by atoms with van der Waals surface area (Å²) in [5.41, 5.74) is 0. The van der Waals surface area contributed by atoms with E-state index in [2.05, 4.69) is 0 Å². The smallest absolute Gasteiger partial charge is 0.195 e. The molecule has 2 rings (SSSR count). The third kappa shape index (κ3) is 3.46. The monoisotopic (exact) mass is 352 g/mol. The molecule has 2 aliphatic heterocycles. The first kappa shape index (κ1) is 20.0. The van der Waals surface area contributed by atoms with E-state index < -0.39 is 55.3 Å². The molecule has 0 amide bonds. The quantitative estimate of drug-likeness (QED) is 0.324. The van der Waals surface area contributed by atoms with Gasteiger partial charge in [0.05, 0.1) is 19.3 Å². The van der Waals surface area contributed by atoms with E-state index in [0.29, 0.717) is 0 Å². The van der Waals surface area contributed by atoms with Gasteiger partial charge in [0.1, 0.15) is 30.5 Å². The summed E-state index contributed by atoms with van der Waals surface area (Å²) >= 11 is 0. The van der Waals surface area contributed by atoms with Crippen molar-refractivity contribution in [1.82, 2.24) is 0 Å². The maximum absolute atomic E-state index is 10.5. The van der Waals surface area contributed by atoms with E-state index in [1.807, 2.05) is 6.92 Å². The normalized spacial score (nSPS) is 53.1. The van der Waals surface area contributed by atoms with Crippen molar-refractivity contribution in [2.45, 2.75) is 69.5 Å². The van der Waals surface area contributed by atoms with Crippen molar-refractivity contribution in [2.24, 2.45) is 11.8 Å². The van der Waals surface area contributed by atoms with Crippen molar-refractivity contribution in [2.75, 3.05) is 13.2 Å². The Morgan fingerprint density at radius 1 is 0.875 bits per heavy atom. The second-order valence-electron chi connectivity index (χ2n) is 6.83. The second-order valence-corrected chi connectivity index (χ2v) is 6.83. The van der Waals surface area contributed by atoms with Crippen molar-refractivity contribution in [1.29, 1.82) is 0 Å². The van der Waals surface area contributed by atoms with E-state index in [4.69, 9.17) is 14.2 Å². The molecule has 0 bridgehead atoms. The lowest BCUT2D eigenvalue weighted by Gasteiger charge is -2.50. The number of aliphatic hydroxyl groups excluding tert-OH is 6. The molecule has 0 radical (unpaired) electrons.